The van der Waals surface area contributed by atoms with Crippen molar-refractivity contribution in [1.29, 1.82) is 0 Å². The minimum Gasteiger partial charge on any atom is -0.298 e. The number of aldehydes is 1. The van der Waals surface area contributed by atoms with E-state index in [1.165, 1.54) is 10.9 Å². The van der Waals surface area contributed by atoms with Crippen LogP contribution in [-0.2, 0) is 23.4 Å². The molecule has 0 aromatic carbocycles. The van der Waals surface area contributed by atoms with E-state index in [9.17, 15) is 13.2 Å². The molecule has 8 heteroatoms. The summed E-state index contributed by atoms with van der Waals surface area (Å²) in [5.74, 6) is -0.0164. The predicted molar refractivity (Wildman–Crippen MR) is 79.0 cm³/mol. The van der Waals surface area contributed by atoms with Gasteiger partial charge in [-0.2, -0.15) is 10.2 Å². The third-order valence-electron chi connectivity index (χ3n) is 3.35. The predicted octanol–water partition coefficient (Wildman–Crippen LogP) is 0.758. The number of hydrogen-bond donors (Lipinski definition) is 0. The number of nitrogens with zero attached hydrogens (tertiary/aromatic N) is 4. The zero-order valence-corrected chi connectivity index (χ0v) is 13.3. The molecule has 0 saturated carbocycles. The lowest BCUT2D eigenvalue weighted by molar-refractivity contribution is 0.112. The molecule has 0 fully saturated rings. The van der Waals surface area contributed by atoms with Crippen LogP contribution in [0.1, 0.15) is 21.7 Å². The van der Waals surface area contributed by atoms with Gasteiger partial charge in [-0.25, -0.2) is 8.42 Å². The van der Waals surface area contributed by atoms with Crippen molar-refractivity contribution in [3.63, 3.8) is 0 Å². The van der Waals surface area contributed by atoms with Gasteiger partial charge in [-0.05, 0) is 13.8 Å². The molecule has 2 heterocycles. The van der Waals surface area contributed by atoms with Crippen LogP contribution in [0.3, 0.4) is 0 Å². The molecule has 0 radical (unpaired) electrons. The van der Waals surface area contributed by atoms with Crippen LogP contribution in [-0.4, -0.2) is 46.3 Å². The molecule has 0 spiro atoms. The standard InChI is InChI=1S/C13H18N4O3S/c1-9-12(10(2)16(3)14-9)13-11(8-18)7-17(15-13)5-6-21(4,19)20/h7-8H,5-6H2,1-4H3. The Hall–Kier alpha value is -1.96. The Morgan fingerprint density at radius 3 is 2.43 bits per heavy atom. The molecule has 2 aromatic heterocycles. The summed E-state index contributed by atoms with van der Waals surface area (Å²) in [5, 5.41) is 8.67. The average Bonchev–Trinajstić information content (AvgIpc) is 2.88. The van der Waals surface area contributed by atoms with E-state index in [0.717, 1.165) is 23.2 Å². The second-order valence-corrected chi connectivity index (χ2v) is 7.37. The molecule has 114 valence electrons. The van der Waals surface area contributed by atoms with Gasteiger partial charge in [-0.1, -0.05) is 0 Å². The van der Waals surface area contributed by atoms with Crippen LogP contribution < -0.4 is 0 Å². The normalized spacial score (nSPS) is 11.8. The second-order valence-electron chi connectivity index (χ2n) is 5.11. The Bertz CT molecular complexity index is 787. The van der Waals surface area contributed by atoms with Crippen molar-refractivity contribution in [2.45, 2.75) is 20.4 Å². The highest BCUT2D eigenvalue weighted by Crippen LogP contribution is 2.27. The molecule has 0 N–H and O–H groups in total. The number of aryl methyl sites for hydroxylation is 3. The Morgan fingerprint density at radius 1 is 1.29 bits per heavy atom. The van der Waals surface area contributed by atoms with E-state index < -0.39 is 9.84 Å². The summed E-state index contributed by atoms with van der Waals surface area (Å²) in [6, 6.07) is 0. The molecule has 0 saturated heterocycles. The lowest BCUT2D eigenvalue weighted by Gasteiger charge is -2.00. The minimum atomic E-state index is -3.08. The zero-order chi connectivity index (χ0) is 15.8. The third-order valence-corrected chi connectivity index (χ3v) is 4.28. The first kappa shape index (κ1) is 15.4. The van der Waals surface area contributed by atoms with Gasteiger partial charge in [0.2, 0.25) is 0 Å². The molecule has 7 nitrogen and oxygen atoms in total. The fourth-order valence-electron chi connectivity index (χ4n) is 2.21. The molecule has 0 amide bonds. The summed E-state index contributed by atoms with van der Waals surface area (Å²) in [7, 11) is -1.25. The number of carbonyl (C=O) groups excluding carboxylic acids is 1. The fourth-order valence-corrected chi connectivity index (χ4v) is 2.73. The van der Waals surface area contributed by atoms with Gasteiger partial charge in [0.1, 0.15) is 15.5 Å². The van der Waals surface area contributed by atoms with Gasteiger partial charge >= 0.3 is 0 Å². The van der Waals surface area contributed by atoms with Gasteiger partial charge in [0, 0.05) is 30.8 Å². The Kier molecular flexibility index (Phi) is 3.99. The van der Waals surface area contributed by atoms with Crippen molar-refractivity contribution >= 4 is 16.1 Å². The van der Waals surface area contributed by atoms with Crippen LogP contribution >= 0.6 is 0 Å². The molecule has 0 bridgehead atoms. The van der Waals surface area contributed by atoms with Gasteiger partial charge in [-0.15, -0.1) is 0 Å². The smallest absolute Gasteiger partial charge is 0.153 e. The number of sulfone groups is 1. The van der Waals surface area contributed by atoms with E-state index in [0.29, 0.717) is 11.3 Å². The molecule has 0 unspecified atom stereocenters. The number of carbonyl (C=O) groups is 1. The summed E-state index contributed by atoms with van der Waals surface area (Å²) in [6.45, 7) is 3.98. The molecular formula is C13H18N4O3S. The quantitative estimate of drug-likeness (QED) is 0.761. The van der Waals surface area contributed by atoms with Crippen molar-refractivity contribution in [2.24, 2.45) is 7.05 Å². The van der Waals surface area contributed by atoms with Crippen LogP contribution in [0.2, 0.25) is 0 Å². The molecule has 0 aliphatic rings. The summed E-state index contributed by atoms with van der Waals surface area (Å²) in [4.78, 5) is 11.2. The SMILES string of the molecule is Cc1nn(C)c(C)c1-c1nn(CCS(C)(=O)=O)cc1C=O. The average molecular weight is 310 g/mol. The topological polar surface area (TPSA) is 86.8 Å². The Labute approximate surface area is 123 Å². The van der Waals surface area contributed by atoms with Gasteiger partial charge in [0.05, 0.1) is 23.6 Å². The summed E-state index contributed by atoms with van der Waals surface area (Å²) < 4.78 is 25.7. The van der Waals surface area contributed by atoms with Crippen molar-refractivity contribution in [2.75, 3.05) is 12.0 Å². The largest absolute Gasteiger partial charge is 0.298 e. The number of hydrogen-bond acceptors (Lipinski definition) is 5. The Morgan fingerprint density at radius 2 is 1.95 bits per heavy atom. The van der Waals surface area contributed by atoms with Crippen LogP contribution in [0.25, 0.3) is 11.3 Å². The fraction of sp³-hybridized carbons (Fsp3) is 0.462. The van der Waals surface area contributed by atoms with Crippen LogP contribution in [0.5, 0.6) is 0 Å². The zero-order valence-electron chi connectivity index (χ0n) is 12.5. The number of rotatable bonds is 5. The van der Waals surface area contributed by atoms with Crippen LogP contribution in [0.4, 0.5) is 0 Å². The molecule has 0 atom stereocenters. The minimum absolute atomic E-state index is 0.0164. The van der Waals surface area contributed by atoms with E-state index in [1.807, 2.05) is 20.9 Å². The first-order chi connectivity index (χ1) is 9.73. The first-order valence-electron chi connectivity index (χ1n) is 6.44. The van der Waals surface area contributed by atoms with Crippen molar-refractivity contribution in [1.82, 2.24) is 19.6 Å². The summed E-state index contributed by atoms with van der Waals surface area (Å²) in [6.07, 6.45) is 3.47. The highest BCUT2D eigenvalue weighted by molar-refractivity contribution is 7.90. The maximum Gasteiger partial charge on any atom is 0.153 e. The van der Waals surface area contributed by atoms with Gasteiger partial charge in [0.15, 0.2) is 6.29 Å². The lowest BCUT2D eigenvalue weighted by atomic mass is 10.1. The molecular weight excluding hydrogens is 292 g/mol. The first-order valence-corrected chi connectivity index (χ1v) is 8.50. The highest BCUT2D eigenvalue weighted by Gasteiger charge is 2.19. The third kappa shape index (κ3) is 3.21. The van der Waals surface area contributed by atoms with Crippen molar-refractivity contribution < 1.29 is 13.2 Å². The van der Waals surface area contributed by atoms with Gasteiger partial charge in [0.25, 0.3) is 0 Å². The summed E-state index contributed by atoms with van der Waals surface area (Å²) >= 11 is 0. The molecule has 0 aliphatic heterocycles. The second kappa shape index (κ2) is 5.44. The molecule has 2 aromatic rings. The van der Waals surface area contributed by atoms with E-state index in [4.69, 9.17) is 0 Å². The highest BCUT2D eigenvalue weighted by atomic mass is 32.2. The number of aromatic nitrogens is 4. The summed E-state index contributed by atoms with van der Waals surface area (Å²) in [5.41, 5.74) is 3.48. The van der Waals surface area contributed by atoms with E-state index in [2.05, 4.69) is 10.2 Å². The lowest BCUT2D eigenvalue weighted by Crippen LogP contribution is -2.11. The maximum absolute atomic E-state index is 11.2. The molecule has 0 aliphatic carbocycles. The van der Waals surface area contributed by atoms with Crippen LogP contribution in [0, 0.1) is 13.8 Å². The molecule has 21 heavy (non-hydrogen) atoms. The van der Waals surface area contributed by atoms with E-state index >= 15 is 0 Å². The van der Waals surface area contributed by atoms with Gasteiger partial charge in [-0.3, -0.25) is 14.2 Å². The monoisotopic (exact) mass is 310 g/mol. The van der Waals surface area contributed by atoms with Crippen molar-refractivity contribution in [3.8, 4) is 11.3 Å². The Balaban J connectivity index is 2.45. The van der Waals surface area contributed by atoms with Crippen LogP contribution in [0.15, 0.2) is 6.20 Å². The van der Waals surface area contributed by atoms with E-state index in [1.54, 1.807) is 10.9 Å². The van der Waals surface area contributed by atoms with E-state index in [-0.39, 0.29) is 12.3 Å². The maximum atomic E-state index is 11.2. The van der Waals surface area contributed by atoms with Crippen molar-refractivity contribution in [3.05, 3.63) is 23.1 Å². The van der Waals surface area contributed by atoms with Gasteiger partial charge < -0.3 is 0 Å². The molecule has 2 rings (SSSR count).